The fourth-order valence-corrected chi connectivity index (χ4v) is 2.56. The van der Waals surface area contributed by atoms with Crippen LogP contribution in [0.5, 0.6) is 0 Å². The monoisotopic (exact) mass is 446 g/mol. The molecule has 0 bridgehead atoms. The van der Waals surface area contributed by atoms with Gasteiger partial charge in [0.2, 0.25) is 0 Å². The van der Waals surface area contributed by atoms with Crippen LogP contribution in [-0.4, -0.2) is 50.8 Å². The summed E-state index contributed by atoms with van der Waals surface area (Å²) in [7, 11) is 1.81. The molecule has 0 radical (unpaired) electrons. The summed E-state index contributed by atoms with van der Waals surface area (Å²) in [6.45, 7) is 10.8. The highest BCUT2D eigenvalue weighted by atomic mass is 127. The second-order valence-corrected chi connectivity index (χ2v) is 6.41. The van der Waals surface area contributed by atoms with Crippen molar-refractivity contribution < 1.29 is 4.74 Å². The van der Waals surface area contributed by atoms with E-state index in [0.29, 0.717) is 5.92 Å². The van der Waals surface area contributed by atoms with Gasteiger partial charge in [0.1, 0.15) is 0 Å². The maximum Gasteiger partial charge on any atom is 0.191 e. The van der Waals surface area contributed by atoms with E-state index in [4.69, 9.17) is 4.74 Å². The van der Waals surface area contributed by atoms with Crippen LogP contribution in [0.3, 0.4) is 0 Å². The zero-order valence-corrected chi connectivity index (χ0v) is 17.4. The Balaban J connectivity index is 0.00000288. The van der Waals surface area contributed by atoms with Crippen molar-refractivity contribution in [2.45, 2.75) is 26.9 Å². The van der Waals surface area contributed by atoms with Gasteiger partial charge in [-0.3, -0.25) is 9.89 Å². The van der Waals surface area contributed by atoms with Crippen LogP contribution in [-0.2, 0) is 17.8 Å². The van der Waals surface area contributed by atoms with Crippen LogP contribution in [0.2, 0.25) is 0 Å². The van der Waals surface area contributed by atoms with E-state index in [1.54, 1.807) is 0 Å². The Morgan fingerprint density at radius 2 is 1.92 bits per heavy atom. The fourth-order valence-electron chi connectivity index (χ4n) is 2.56. The van der Waals surface area contributed by atoms with Gasteiger partial charge in [0, 0.05) is 39.8 Å². The van der Waals surface area contributed by atoms with Crippen LogP contribution in [0.15, 0.2) is 29.3 Å². The van der Waals surface area contributed by atoms with E-state index in [1.165, 1.54) is 11.1 Å². The number of hydrogen-bond donors (Lipinski definition) is 2. The van der Waals surface area contributed by atoms with Gasteiger partial charge in [-0.25, -0.2) is 0 Å². The fraction of sp³-hybridized carbons (Fsp3) is 0.611. The van der Waals surface area contributed by atoms with E-state index in [-0.39, 0.29) is 24.0 Å². The lowest BCUT2D eigenvalue weighted by Crippen LogP contribution is -2.38. The molecule has 5 nitrogen and oxygen atoms in total. The van der Waals surface area contributed by atoms with Crippen molar-refractivity contribution in [2.75, 3.05) is 39.9 Å². The Morgan fingerprint density at radius 3 is 2.58 bits per heavy atom. The van der Waals surface area contributed by atoms with E-state index in [9.17, 15) is 0 Å². The molecule has 0 atom stereocenters. The van der Waals surface area contributed by atoms with Gasteiger partial charge in [-0.15, -0.1) is 24.0 Å². The Kier molecular flexibility index (Phi) is 10.3. The zero-order valence-electron chi connectivity index (χ0n) is 15.0. The normalized spacial score (nSPS) is 15.9. The molecule has 1 aromatic carbocycles. The number of hydrogen-bond acceptors (Lipinski definition) is 3. The molecule has 1 aromatic rings. The molecule has 1 saturated heterocycles. The van der Waals surface area contributed by atoms with E-state index in [0.717, 1.165) is 51.9 Å². The Morgan fingerprint density at radius 1 is 1.21 bits per heavy atom. The van der Waals surface area contributed by atoms with Crippen LogP contribution in [0, 0.1) is 5.92 Å². The smallest absolute Gasteiger partial charge is 0.191 e. The first kappa shape index (κ1) is 21.2. The predicted molar refractivity (Wildman–Crippen MR) is 111 cm³/mol. The molecule has 1 aliphatic heterocycles. The van der Waals surface area contributed by atoms with E-state index < -0.39 is 0 Å². The average Bonchev–Trinajstić information content (AvgIpc) is 2.56. The third-order valence-electron chi connectivity index (χ3n) is 3.86. The highest BCUT2D eigenvalue weighted by molar-refractivity contribution is 14.0. The molecule has 1 aliphatic rings. The van der Waals surface area contributed by atoms with Gasteiger partial charge in [-0.05, 0) is 17.0 Å². The lowest BCUT2D eigenvalue weighted by molar-refractivity contribution is 0.0342. The molecule has 6 heteroatoms. The molecule has 136 valence electrons. The second-order valence-electron chi connectivity index (χ2n) is 6.41. The molecule has 24 heavy (non-hydrogen) atoms. The molecule has 1 heterocycles. The van der Waals surface area contributed by atoms with Crippen LogP contribution < -0.4 is 10.6 Å². The molecule has 2 rings (SSSR count). The first-order valence-corrected chi connectivity index (χ1v) is 8.50. The molecule has 2 N–H and O–H groups in total. The van der Waals surface area contributed by atoms with Gasteiger partial charge >= 0.3 is 0 Å². The molecule has 0 saturated carbocycles. The summed E-state index contributed by atoms with van der Waals surface area (Å²) in [5.74, 6) is 1.46. The van der Waals surface area contributed by atoms with Crippen LogP contribution in [0.25, 0.3) is 0 Å². The lowest BCUT2D eigenvalue weighted by atomic mass is 10.1. The third-order valence-corrected chi connectivity index (χ3v) is 3.86. The maximum absolute atomic E-state index is 5.41. The number of morpholine rings is 1. The Hall–Kier alpha value is -0.860. The highest BCUT2D eigenvalue weighted by Gasteiger charge is 2.10. The summed E-state index contributed by atoms with van der Waals surface area (Å²) in [5, 5.41) is 6.71. The predicted octanol–water partition coefficient (Wildman–Crippen LogP) is 2.46. The van der Waals surface area contributed by atoms with Gasteiger partial charge in [-0.2, -0.15) is 0 Å². The molecule has 0 spiro atoms. The number of rotatable bonds is 6. The zero-order chi connectivity index (χ0) is 16.5. The SMILES string of the molecule is CN=C(NCc1cccc(CN2CCOCC2)c1)NCC(C)C.I. The molecule has 0 unspecified atom stereocenters. The number of nitrogens with one attached hydrogen (secondary N) is 2. The molecule has 1 fully saturated rings. The summed E-state index contributed by atoms with van der Waals surface area (Å²) < 4.78 is 5.41. The lowest BCUT2D eigenvalue weighted by Gasteiger charge is -2.26. The van der Waals surface area contributed by atoms with Crippen molar-refractivity contribution in [3.8, 4) is 0 Å². The van der Waals surface area contributed by atoms with E-state index in [1.807, 2.05) is 7.05 Å². The Bertz CT molecular complexity index is 502. The largest absolute Gasteiger partial charge is 0.379 e. The van der Waals surface area contributed by atoms with E-state index in [2.05, 4.69) is 58.6 Å². The average molecular weight is 446 g/mol. The van der Waals surface area contributed by atoms with Crippen molar-refractivity contribution in [3.05, 3.63) is 35.4 Å². The summed E-state index contributed by atoms with van der Waals surface area (Å²) in [6.07, 6.45) is 0. The van der Waals surface area contributed by atoms with Crippen LogP contribution in [0.4, 0.5) is 0 Å². The standard InChI is InChI=1S/C18H30N4O.HI/c1-15(2)12-20-18(19-3)21-13-16-5-4-6-17(11-16)14-22-7-9-23-10-8-22;/h4-6,11,15H,7-10,12-14H2,1-3H3,(H2,19,20,21);1H. The van der Waals surface area contributed by atoms with E-state index >= 15 is 0 Å². The summed E-state index contributed by atoms with van der Waals surface area (Å²) >= 11 is 0. The van der Waals surface area contributed by atoms with Gasteiger partial charge in [0.25, 0.3) is 0 Å². The Labute approximate surface area is 163 Å². The second kappa shape index (κ2) is 11.7. The molecule has 0 aromatic heterocycles. The number of halogens is 1. The minimum absolute atomic E-state index is 0. The van der Waals surface area contributed by atoms with Crippen LogP contribution >= 0.6 is 24.0 Å². The van der Waals surface area contributed by atoms with Crippen molar-refractivity contribution in [1.82, 2.24) is 15.5 Å². The topological polar surface area (TPSA) is 48.9 Å². The number of benzene rings is 1. The first-order chi connectivity index (χ1) is 11.2. The van der Waals surface area contributed by atoms with Gasteiger partial charge in [0.15, 0.2) is 5.96 Å². The minimum Gasteiger partial charge on any atom is -0.379 e. The molecule has 0 aliphatic carbocycles. The number of aliphatic imine (C=N–C) groups is 1. The third kappa shape index (κ3) is 7.81. The van der Waals surface area contributed by atoms with Gasteiger partial charge < -0.3 is 15.4 Å². The van der Waals surface area contributed by atoms with Crippen molar-refractivity contribution >= 4 is 29.9 Å². The minimum atomic E-state index is 0. The molecular formula is C18H31IN4O. The van der Waals surface area contributed by atoms with Crippen molar-refractivity contribution in [3.63, 3.8) is 0 Å². The van der Waals surface area contributed by atoms with Crippen molar-refractivity contribution in [2.24, 2.45) is 10.9 Å². The van der Waals surface area contributed by atoms with Gasteiger partial charge in [0.05, 0.1) is 13.2 Å². The highest BCUT2D eigenvalue weighted by Crippen LogP contribution is 2.10. The quantitative estimate of drug-likeness (QED) is 0.401. The summed E-state index contributed by atoms with van der Waals surface area (Å²) in [4.78, 5) is 6.71. The maximum atomic E-state index is 5.41. The number of ether oxygens (including phenoxy) is 1. The molecular weight excluding hydrogens is 415 g/mol. The summed E-state index contributed by atoms with van der Waals surface area (Å²) in [6, 6.07) is 8.77. The molecule has 0 amide bonds. The summed E-state index contributed by atoms with van der Waals surface area (Å²) in [5.41, 5.74) is 2.64. The van der Waals surface area contributed by atoms with Gasteiger partial charge in [-0.1, -0.05) is 38.1 Å². The number of guanidine groups is 1. The van der Waals surface area contributed by atoms with Crippen molar-refractivity contribution in [1.29, 1.82) is 0 Å². The van der Waals surface area contributed by atoms with Crippen LogP contribution in [0.1, 0.15) is 25.0 Å². The first-order valence-electron chi connectivity index (χ1n) is 8.50. The number of nitrogens with zero attached hydrogens (tertiary/aromatic N) is 2.